The number of furan rings is 1. The minimum atomic E-state index is -3.49. The number of carbonyl (C=O) groups is 1. The van der Waals surface area contributed by atoms with Gasteiger partial charge in [-0.2, -0.15) is 4.31 Å². The number of sulfonamides is 1. The second-order valence-electron chi connectivity index (χ2n) is 6.79. The second kappa shape index (κ2) is 10.2. The van der Waals surface area contributed by atoms with Crippen molar-refractivity contribution in [1.82, 2.24) is 19.2 Å². The third-order valence-corrected chi connectivity index (χ3v) is 7.87. The summed E-state index contributed by atoms with van der Waals surface area (Å²) in [6.07, 6.45) is 3.60. The van der Waals surface area contributed by atoms with E-state index in [1.807, 2.05) is 31.7 Å². The highest BCUT2D eigenvalue weighted by Gasteiger charge is 2.21. The quantitative estimate of drug-likeness (QED) is 0.465. The van der Waals surface area contributed by atoms with Crippen LogP contribution in [0.25, 0.3) is 0 Å². The first-order valence-electron chi connectivity index (χ1n) is 9.91. The number of imidazole rings is 1. The van der Waals surface area contributed by atoms with E-state index >= 15 is 0 Å². The first-order valence-corrected chi connectivity index (χ1v) is 12.3. The lowest BCUT2D eigenvalue weighted by atomic mass is 10.2. The highest BCUT2D eigenvalue weighted by molar-refractivity contribution is 7.98. The van der Waals surface area contributed by atoms with Gasteiger partial charge in [0, 0.05) is 39.1 Å². The molecule has 10 heteroatoms. The van der Waals surface area contributed by atoms with Crippen molar-refractivity contribution in [3.63, 3.8) is 0 Å². The third kappa shape index (κ3) is 5.57. The molecule has 0 unspecified atom stereocenters. The fourth-order valence-electron chi connectivity index (χ4n) is 2.97. The molecule has 1 aromatic carbocycles. The van der Waals surface area contributed by atoms with Crippen molar-refractivity contribution in [3.05, 3.63) is 65.9 Å². The van der Waals surface area contributed by atoms with Crippen LogP contribution >= 0.6 is 11.8 Å². The van der Waals surface area contributed by atoms with Crippen molar-refractivity contribution in [2.75, 3.05) is 13.1 Å². The Morgan fingerprint density at radius 3 is 2.48 bits per heavy atom. The Hall–Kier alpha value is -2.56. The molecule has 31 heavy (non-hydrogen) atoms. The van der Waals surface area contributed by atoms with E-state index in [1.54, 1.807) is 42.6 Å². The van der Waals surface area contributed by atoms with E-state index in [1.165, 1.54) is 16.1 Å². The first-order chi connectivity index (χ1) is 14.8. The SMILES string of the molecule is CCN(CC)S(=O)(=O)c1ccc(CNC(=O)c2ccc(CSc3nccn3C)o2)cc1. The molecular formula is C21H26N4O4S2. The molecule has 1 amide bonds. The number of aryl methyl sites for hydroxylation is 1. The van der Waals surface area contributed by atoms with Crippen LogP contribution in [0, 0.1) is 0 Å². The maximum absolute atomic E-state index is 12.5. The molecule has 0 radical (unpaired) electrons. The lowest BCUT2D eigenvalue weighted by Crippen LogP contribution is -2.30. The van der Waals surface area contributed by atoms with Gasteiger partial charge in [0.05, 0.1) is 10.6 Å². The van der Waals surface area contributed by atoms with Crippen LogP contribution in [0.5, 0.6) is 0 Å². The van der Waals surface area contributed by atoms with Crippen LogP contribution in [0.3, 0.4) is 0 Å². The highest BCUT2D eigenvalue weighted by atomic mass is 32.2. The molecule has 3 rings (SSSR count). The lowest BCUT2D eigenvalue weighted by molar-refractivity contribution is 0.0921. The molecule has 8 nitrogen and oxygen atoms in total. The van der Waals surface area contributed by atoms with Crippen molar-refractivity contribution in [3.8, 4) is 0 Å². The Balaban J connectivity index is 1.55. The molecule has 0 aliphatic rings. The van der Waals surface area contributed by atoms with Crippen LogP contribution in [0.4, 0.5) is 0 Å². The maximum atomic E-state index is 12.5. The standard InChI is InChI=1S/C21H26N4O4S2/c1-4-25(5-2)31(27,28)18-9-6-16(7-10-18)14-23-20(26)19-11-8-17(29-19)15-30-21-22-12-13-24(21)3/h6-13H,4-5,14-15H2,1-3H3,(H,23,26). The third-order valence-electron chi connectivity index (χ3n) is 4.73. The van der Waals surface area contributed by atoms with Crippen LogP contribution in [0.2, 0.25) is 0 Å². The molecule has 0 bridgehead atoms. The monoisotopic (exact) mass is 462 g/mol. The van der Waals surface area contributed by atoms with E-state index < -0.39 is 10.0 Å². The number of nitrogens with zero attached hydrogens (tertiary/aromatic N) is 3. The number of rotatable bonds is 10. The van der Waals surface area contributed by atoms with Crippen LogP contribution in [0.1, 0.15) is 35.7 Å². The minimum Gasteiger partial charge on any atom is -0.455 e. The Kier molecular flexibility index (Phi) is 7.58. The topological polar surface area (TPSA) is 97.4 Å². The summed E-state index contributed by atoms with van der Waals surface area (Å²) >= 11 is 1.52. The molecule has 0 saturated carbocycles. The fraction of sp³-hybridized carbons (Fsp3) is 0.333. The van der Waals surface area contributed by atoms with Gasteiger partial charge >= 0.3 is 0 Å². The number of carbonyl (C=O) groups excluding carboxylic acids is 1. The molecule has 1 N–H and O–H groups in total. The van der Waals surface area contributed by atoms with Gasteiger partial charge in [-0.05, 0) is 29.8 Å². The van der Waals surface area contributed by atoms with E-state index in [9.17, 15) is 13.2 Å². The average molecular weight is 463 g/mol. The Morgan fingerprint density at radius 2 is 1.87 bits per heavy atom. The Labute approximate surface area is 186 Å². The predicted molar refractivity (Wildman–Crippen MR) is 119 cm³/mol. The van der Waals surface area contributed by atoms with Gasteiger partial charge in [-0.1, -0.05) is 37.7 Å². The second-order valence-corrected chi connectivity index (χ2v) is 9.67. The molecule has 166 valence electrons. The maximum Gasteiger partial charge on any atom is 0.287 e. The molecule has 0 aliphatic carbocycles. The summed E-state index contributed by atoms with van der Waals surface area (Å²) in [6.45, 7) is 4.72. The number of hydrogen-bond donors (Lipinski definition) is 1. The number of nitrogens with one attached hydrogen (secondary N) is 1. The largest absolute Gasteiger partial charge is 0.455 e. The van der Waals surface area contributed by atoms with Crippen molar-refractivity contribution >= 4 is 27.7 Å². The zero-order chi connectivity index (χ0) is 22.4. The predicted octanol–water partition coefficient (Wildman–Crippen LogP) is 3.27. The molecule has 0 fully saturated rings. The van der Waals surface area contributed by atoms with Gasteiger partial charge in [-0.15, -0.1) is 0 Å². The van der Waals surface area contributed by atoms with E-state index in [4.69, 9.17) is 4.42 Å². The van der Waals surface area contributed by atoms with Crippen molar-refractivity contribution < 1.29 is 17.6 Å². The van der Waals surface area contributed by atoms with Crippen molar-refractivity contribution in [1.29, 1.82) is 0 Å². The van der Waals surface area contributed by atoms with Gasteiger partial charge in [-0.3, -0.25) is 4.79 Å². The van der Waals surface area contributed by atoms with E-state index in [0.29, 0.717) is 24.6 Å². The summed E-state index contributed by atoms with van der Waals surface area (Å²) in [5.74, 6) is 1.16. The van der Waals surface area contributed by atoms with Crippen LogP contribution in [0.15, 0.2) is 63.3 Å². The molecule has 0 spiro atoms. The lowest BCUT2D eigenvalue weighted by Gasteiger charge is -2.18. The summed E-state index contributed by atoms with van der Waals surface area (Å²) in [7, 11) is -1.57. The summed E-state index contributed by atoms with van der Waals surface area (Å²) in [5.41, 5.74) is 0.795. The molecule has 0 aliphatic heterocycles. The zero-order valence-corrected chi connectivity index (χ0v) is 19.4. The van der Waals surface area contributed by atoms with Gasteiger partial charge < -0.3 is 14.3 Å². The van der Waals surface area contributed by atoms with Gasteiger partial charge in [-0.25, -0.2) is 13.4 Å². The molecule has 2 heterocycles. The average Bonchev–Trinajstić information content (AvgIpc) is 3.40. The number of aromatic nitrogens is 2. The zero-order valence-electron chi connectivity index (χ0n) is 17.7. The van der Waals surface area contributed by atoms with E-state index in [0.717, 1.165) is 10.7 Å². The summed E-state index contributed by atoms with van der Waals surface area (Å²) in [5, 5.41) is 3.66. The van der Waals surface area contributed by atoms with Crippen LogP contribution < -0.4 is 5.32 Å². The van der Waals surface area contributed by atoms with Crippen molar-refractivity contribution in [2.45, 2.75) is 36.2 Å². The molecular weight excluding hydrogens is 436 g/mol. The Bertz CT molecular complexity index is 1120. The normalized spacial score (nSPS) is 11.7. The van der Waals surface area contributed by atoms with Gasteiger partial charge in [0.25, 0.3) is 5.91 Å². The molecule has 2 aromatic heterocycles. The minimum absolute atomic E-state index is 0.233. The first kappa shape index (κ1) is 23.1. The molecule has 0 atom stereocenters. The number of hydrogen-bond acceptors (Lipinski definition) is 6. The molecule has 0 saturated heterocycles. The number of benzene rings is 1. The fourth-order valence-corrected chi connectivity index (χ4v) is 5.25. The Morgan fingerprint density at radius 1 is 1.16 bits per heavy atom. The molecule has 3 aromatic rings. The van der Waals surface area contributed by atoms with E-state index in [2.05, 4.69) is 10.3 Å². The summed E-state index contributed by atoms with van der Waals surface area (Å²) in [6, 6.07) is 9.95. The van der Waals surface area contributed by atoms with Crippen LogP contribution in [-0.4, -0.2) is 41.3 Å². The smallest absolute Gasteiger partial charge is 0.287 e. The van der Waals surface area contributed by atoms with Gasteiger partial charge in [0.15, 0.2) is 10.9 Å². The number of amides is 1. The van der Waals surface area contributed by atoms with E-state index in [-0.39, 0.29) is 23.1 Å². The van der Waals surface area contributed by atoms with Crippen LogP contribution in [-0.2, 0) is 29.4 Å². The van der Waals surface area contributed by atoms with Gasteiger partial charge in [0.1, 0.15) is 5.76 Å². The van der Waals surface area contributed by atoms with Gasteiger partial charge in [0.2, 0.25) is 10.0 Å². The summed E-state index contributed by atoms with van der Waals surface area (Å²) < 4.78 is 34.0. The summed E-state index contributed by atoms with van der Waals surface area (Å²) in [4.78, 5) is 16.9. The van der Waals surface area contributed by atoms with Crippen molar-refractivity contribution in [2.24, 2.45) is 7.05 Å². The number of thioether (sulfide) groups is 1. The highest BCUT2D eigenvalue weighted by Crippen LogP contribution is 2.22.